The Morgan fingerprint density at radius 1 is 1.00 bits per heavy atom. The van der Waals surface area contributed by atoms with Crippen molar-refractivity contribution in [2.45, 2.75) is 13.5 Å². The van der Waals surface area contributed by atoms with Gasteiger partial charge in [0.05, 0.1) is 14.6 Å². The van der Waals surface area contributed by atoms with E-state index in [0.29, 0.717) is 11.6 Å². The van der Waals surface area contributed by atoms with Gasteiger partial charge in [0, 0.05) is 11.2 Å². The van der Waals surface area contributed by atoms with Gasteiger partial charge in [-0.2, -0.15) is 0 Å². The number of rotatable bonds is 5. The Morgan fingerprint density at radius 3 is 2.31 bits per heavy atom. The lowest BCUT2D eigenvalue weighted by Crippen LogP contribution is -1.97. The second-order valence-corrected chi connectivity index (χ2v) is 7.92. The van der Waals surface area contributed by atoms with Crippen molar-refractivity contribution in [3.05, 3.63) is 91.3 Å². The fourth-order valence-corrected chi connectivity index (χ4v) is 3.96. The number of nitrogens with zero attached hydrogens (tertiary/aromatic N) is 1. The topological polar surface area (TPSA) is 21.6 Å². The Labute approximate surface area is 175 Å². The molecule has 26 heavy (non-hydrogen) atoms. The summed E-state index contributed by atoms with van der Waals surface area (Å²) >= 11 is 13.1. The number of aliphatic imine (C=N–C) groups is 1. The molecule has 0 heterocycles. The van der Waals surface area contributed by atoms with Crippen molar-refractivity contribution < 1.29 is 4.74 Å². The van der Waals surface area contributed by atoms with Crippen LogP contribution in [0.25, 0.3) is 0 Å². The van der Waals surface area contributed by atoms with Crippen LogP contribution in [0.4, 0.5) is 5.69 Å². The van der Waals surface area contributed by atoms with Crippen molar-refractivity contribution in [2.24, 2.45) is 4.99 Å². The van der Waals surface area contributed by atoms with Crippen LogP contribution in [0.15, 0.2) is 74.6 Å². The van der Waals surface area contributed by atoms with Gasteiger partial charge in [-0.1, -0.05) is 41.9 Å². The van der Waals surface area contributed by atoms with Gasteiger partial charge in [-0.25, -0.2) is 0 Å². The van der Waals surface area contributed by atoms with Crippen LogP contribution in [0.1, 0.15) is 16.7 Å². The molecule has 5 heteroatoms. The van der Waals surface area contributed by atoms with E-state index in [1.165, 1.54) is 0 Å². The van der Waals surface area contributed by atoms with E-state index in [1.807, 2.05) is 73.8 Å². The van der Waals surface area contributed by atoms with Gasteiger partial charge in [-0.05, 0) is 85.8 Å². The lowest BCUT2D eigenvalue weighted by molar-refractivity contribution is 0.302. The molecule has 0 aliphatic heterocycles. The van der Waals surface area contributed by atoms with Crippen molar-refractivity contribution in [2.75, 3.05) is 0 Å². The molecule has 0 aliphatic carbocycles. The quantitative estimate of drug-likeness (QED) is 0.337. The maximum absolute atomic E-state index is 5.95. The van der Waals surface area contributed by atoms with Crippen LogP contribution in [0.3, 0.4) is 0 Å². The molecule has 0 amide bonds. The van der Waals surface area contributed by atoms with Gasteiger partial charge in [0.15, 0.2) is 0 Å². The van der Waals surface area contributed by atoms with Crippen LogP contribution < -0.4 is 4.74 Å². The Bertz CT molecular complexity index is 916. The fraction of sp³-hybridized carbons (Fsp3) is 0.0952. The molecule has 0 fully saturated rings. The van der Waals surface area contributed by atoms with Crippen molar-refractivity contribution >= 4 is 55.4 Å². The zero-order chi connectivity index (χ0) is 18.5. The summed E-state index contributed by atoms with van der Waals surface area (Å²) in [4.78, 5) is 4.57. The second kappa shape index (κ2) is 8.85. The monoisotopic (exact) mass is 491 g/mol. The molecule has 0 unspecified atom stereocenters. The first kappa shape index (κ1) is 19.2. The SMILES string of the molecule is Cc1ccccc1N=Cc1cc(Br)c(OCc2ccc(Cl)cc2)c(Br)c1. The summed E-state index contributed by atoms with van der Waals surface area (Å²) in [5.41, 5.74) is 4.14. The second-order valence-electron chi connectivity index (χ2n) is 5.77. The first-order chi connectivity index (χ1) is 12.5. The normalized spacial score (nSPS) is 11.1. The molecule has 0 radical (unpaired) electrons. The Balaban J connectivity index is 1.75. The molecule has 3 aromatic carbocycles. The van der Waals surface area contributed by atoms with E-state index in [1.54, 1.807) is 0 Å². The molecule has 2 nitrogen and oxygen atoms in total. The van der Waals surface area contributed by atoms with Crippen molar-refractivity contribution in [3.63, 3.8) is 0 Å². The summed E-state index contributed by atoms with van der Waals surface area (Å²) in [5, 5.41) is 0.716. The summed E-state index contributed by atoms with van der Waals surface area (Å²) in [6, 6.07) is 19.6. The Hall–Kier alpha value is -1.62. The van der Waals surface area contributed by atoms with Gasteiger partial charge in [0.1, 0.15) is 12.4 Å². The molecule has 132 valence electrons. The molecule has 0 saturated heterocycles. The van der Waals surface area contributed by atoms with Gasteiger partial charge < -0.3 is 4.74 Å². The van der Waals surface area contributed by atoms with E-state index in [9.17, 15) is 0 Å². The third kappa shape index (κ3) is 4.97. The molecule has 0 bridgehead atoms. The molecule has 0 saturated carbocycles. The number of hydrogen-bond acceptors (Lipinski definition) is 2. The number of aryl methyl sites for hydroxylation is 1. The summed E-state index contributed by atoms with van der Waals surface area (Å²) in [6.07, 6.45) is 1.85. The third-order valence-electron chi connectivity index (χ3n) is 3.79. The predicted octanol–water partition coefficient (Wildman–Crippen LogP) is 7.50. The fourth-order valence-electron chi connectivity index (χ4n) is 2.38. The molecule has 0 aromatic heterocycles. The van der Waals surface area contributed by atoms with E-state index >= 15 is 0 Å². The minimum absolute atomic E-state index is 0.463. The van der Waals surface area contributed by atoms with Crippen LogP contribution in [-0.2, 0) is 6.61 Å². The molecule has 0 atom stereocenters. The van der Waals surface area contributed by atoms with Crippen LogP contribution in [0, 0.1) is 6.92 Å². The number of para-hydroxylation sites is 1. The van der Waals surface area contributed by atoms with Gasteiger partial charge >= 0.3 is 0 Å². The Morgan fingerprint density at radius 2 is 1.65 bits per heavy atom. The molecule has 0 spiro atoms. The van der Waals surface area contributed by atoms with E-state index in [0.717, 1.165) is 37.1 Å². The number of ether oxygens (including phenoxy) is 1. The predicted molar refractivity (Wildman–Crippen MR) is 116 cm³/mol. The highest BCUT2D eigenvalue weighted by Crippen LogP contribution is 2.35. The Kier molecular flexibility index (Phi) is 6.52. The molecular weight excluding hydrogens is 477 g/mol. The number of benzene rings is 3. The van der Waals surface area contributed by atoms with Gasteiger partial charge in [-0.3, -0.25) is 4.99 Å². The maximum Gasteiger partial charge on any atom is 0.148 e. The highest BCUT2D eigenvalue weighted by molar-refractivity contribution is 9.11. The van der Waals surface area contributed by atoms with Crippen molar-refractivity contribution in [1.82, 2.24) is 0 Å². The first-order valence-corrected chi connectivity index (χ1v) is 9.95. The summed E-state index contributed by atoms with van der Waals surface area (Å²) in [6.45, 7) is 2.51. The van der Waals surface area contributed by atoms with E-state index < -0.39 is 0 Å². The number of halogens is 3. The molecular formula is C21H16Br2ClNO. The molecule has 0 N–H and O–H groups in total. The summed E-state index contributed by atoms with van der Waals surface area (Å²) in [7, 11) is 0. The smallest absolute Gasteiger partial charge is 0.148 e. The minimum Gasteiger partial charge on any atom is -0.487 e. The van der Waals surface area contributed by atoms with Crippen LogP contribution in [0.2, 0.25) is 5.02 Å². The third-order valence-corrected chi connectivity index (χ3v) is 5.22. The lowest BCUT2D eigenvalue weighted by Gasteiger charge is -2.11. The van der Waals surface area contributed by atoms with Crippen molar-refractivity contribution in [3.8, 4) is 5.75 Å². The lowest BCUT2D eigenvalue weighted by atomic mass is 10.2. The van der Waals surface area contributed by atoms with E-state index in [4.69, 9.17) is 16.3 Å². The van der Waals surface area contributed by atoms with Gasteiger partial charge in [0.25, 0.3) is 0 Å². The standard InChI is InChI=1S/C21H16Br2ClNO/c1-14-4-2-3-5-20(14)25-12-16-10-18(22)21(19(23)11-16)26-13-15-6-8-17(24)9-7-15/h2-12H,13H2,1H3. The molecule has 3 rings (SSSR count). The maximum atomic E-state index is 5.95. The van der Waals surface area contributed by atoms with Gasteiger partial charge in [0.2, 0.25) is 0 Å². The highest BCUT2D eigenvalue weighted by Gasteiger charge is 2.09. The van der Waals surface area contributed by atoms with Crippen LogP contribution >= 0.6 is 43.5 Å². The van der Waals surface area contributed by atoms with E-state index in [-0.39, 0.29) is 0 Å². The highest BCUT2D eigenvalue weighted by atomic mass is 79.9. The average molecular weight is 494 g/mol. The summed E-state index contributed by atoms with van der Waals surface area (Å²) < 4.78 is 7.68. The van der Waals surface area contributed by atoms with Crippen molar-refractivity contribution in [1.29, 1.82) is 0 Å². The zero-order valence-corrected chi connectivity index (χ0v) is 18.0. The first-order valence-electron chi connectivity index (χ1n) is 7.99. The number of hydrogen-bond donors (Lipinski definition) is 0. The molecule has 0 aliphatic rings. The minimum atomic E-state index is 0.463. The molecule has 3 aromatic rings. The van der Waals surface area contributed by atoms with E-state index in [2.05, 4.69) is 36.9 Å². The van der Waals surface area contributed by atoms with Gasteiger partial charge in [-0.15, -0.1) is 0 Å². The van der Waals surface area contributed by atoms with Crippen LogP contribution in [-0.4, -0.2) is 6.21 Å². The van der Waals surface area contributed by atoms with Crippen LogP contribution in [0.5, 0.6) is 5.75 Å². The largest absolute Gasteiger partial charge is 0.487 e. The zero-order valence-electron chi connectivity index (χ0n) is 14.0. The summed E-state index contributed by atoms with van der Waals surface area (Å²) in [5.74, 6) is 0.757. The average Bonchev–Trinajstić information content (AvgIpc) is 2.62.